The second-order valence-corrected chi connectivity index (χ2v) is 2.94. The van der Waals surface area contributed by atoms with Gasteiger partial charge in [0.15, 0.2) is 0 Å². The van der Waals surface area contributed by atoms with Crippen molar-refractivity contribution in [3.05, 3.63) is 12.7 Å². The van der Waals surface area contributed by atoms with Crippen molar-refractivity contribution in [2.45, 2.75) is 31.4 Å². The zero-order valence-electron chi connectivity index (χ0n) is 6.22. The molecule has 11 heavy (non-hydrogen) atoms. The van der Waals surface area contributed by atoms with Gasteiger partial charge in [0, 0.05) is 0 Å². The number of hydrogen-bond donors (Lipinski definition) is 1. The Morgan fingerprint density at radius 1 is 1.45 bits per heavy atom. The highest BCUT2D eigenvalue weighted by atomic mass is 16.3. The molecule has 0 bridgehead atoms. The SMILES string of the molecule is OC1CCCC1n1cncn1. The average Bonchev–Trinajstić information content (AvgIpc) is 2.55. The molecule has 2 unspecified atom stereocenters. The minimum absolute atomic E-state index is 0.164. The predicted octanol–water partition coefficient (Wildman–Crippen LogP) is 0.364. The van der Waals surface area contributed by atoms with Crippen LogP contribution in [0.4, 0.5) is 0 Å². The van der Waals surface area contributed by atoms with Gasteiger partial charge >= 0.3 is 0 Å². The number of aliphatic hydroxyl groups excluding tert-OH is 1. The third-order valence-electron chi connectivity index (χ3n) is 2.22. The summed E-state index contributed by atoms with van der Waals surface area (Å²) in [7, 11) is 0. The largest absolute Gasteiger partial charge is 0.391 e. The van der Waals surface area contributed by atoms with E-state index in [1.54, 1.807) is 11.0 Å². The normalized spacial score (nSPS) is 31.0. The maximum atomic E-state index is 9.47. The van der Waals surface area contributed by atoms with Gasteiger partial charge in [-0.2, -0.15) is 5.10 Å². The zero-order chi connectivity index (χ0) is 7.68. The van der Waals surface area contributed by atoms with E-state index >= 15 is 0 Å². The summed E-state index contributed by atoms with van der Waals surface area (Å²) < 4.78 is 1.75. The molecule has 1 saturated carbocycles. The van der Waals surface area contributed by atoms with Crippen LogP contribution in [0.5, 0.6) is 0 Å². The van der Waals surface area contributed by atoms with Gasteiger partial charge in [0.1, 0.15) is 12.7 Å². The maximum Gasteiger partial charge on any atom is 0.137 e. The smallest absolute Gasteiger partial charge is 0.137 e. The first-order valence-corrected chi connectivity index (χ1v) is 3.90. The average molecular weight is 153 g/mol. The molecule has 4 heteroatoms. The van der Waals surface area contributed by atoms with Gasteiger partial charge in [-0.25, -0.2) is 9.67 Å². The molecule has 1 fully saturated rings. The fourth-order valence-electron chi connectivity index (χ4n) is 1.62. The van der Waals surface area contributed by atoms with Crippen LogP contribution in [-0.4, -0.2) is 26.0 Å². The first-order chi connectivity index (χ1) is 5.38. The molecule has 2 rings (SSSR count). The Balaban J connectivity index is 2.16. The van der Waals surface area contributed by atoms with Crippen molar-refractivity contribution in [3.63, 3.8) is 0 Å². The molecular weight excluding hydrogens is 142 g/mol. The standard InChI is InChI=1S/C7H11N3O/c11-7-3-1-2-6(7)10-5-8-4-9-10/h4-7,11H,1-3H2. The molecule has 1 aromatic heterocycles. The van der Waals surface area contributed by atoms with E-state index in [0.29, 0.717) is 0 Å². The molecule has 0 aliphatic heterocycles. The van der Waals surface area contributed by atoms with Gasteiger partial charge in [0.25, 0.3) is 0 Å². The molecule has 1 heterocycles. The molecule has 1 aliphatic carbocycles. The summed E-state index contributed by atoms with van der Waals surface area (Å²) >= 11 is 0. The minimum Gasteiger partial charge on any atom is -0.391 e. The summed E-state index contributed by atoms with van der Waals surface area (Å²) in [5.41, 5.74) is 0. The van der Waals surface area contributed by atoms with E-state index in [1.165, 1.54) is 6.33 Å². The van der Waals surface area contributed by atoms with Gasteiger partial charge in [-0.3, -0.25) is 0 Å². The van der Waals surface area contributed by atoms with E-state index in [-0.39, 0.29) is 12.1 Å². The van der Waals surface area contributed by atoms with Crippen LogP contribution in [0.25, 0.3) is 0 Å². The third kappa shape index (κ3) is 1.14. The Morgan fingerprint density at radius 3 is 2.91 bits per heavy atom. The Labute approximate surface area is 64.9 Å². The lowest BCUT2D eigenvalue weighted by atomic mass is 10.2. The van der Waals surface area contributed by atoms with E-state index in [2.05, 4.69) is 10.1 Å². The molecule has 0 amide bonds. The molecule has 0 aromatic carbocycles. The van der Waals surface area contributed by atoms with E-state index in [9.17, 15) is 5.11 Å². The Hall–Kier alpha value is -0.900. The van der Waals surface area contributed by atoms with Crippen molar-refractivity contribution in [1.82, 2.24) is 14.8 Å². The number of nitrogens with zero attached hydrogens (tertiary/aromatic N) is 3. The van der Waals surface area contributed by atoms with Crippen LogP contribution in [0, 0.1) is 0 Å². The van der Waals surface area contributed by atoms with E-state index in [1.807, 2.05) is 0 Å². The lowest BCUT2D eigenvalue weighted by Crippen LogP contribution is -2.18. The molecule has 1 aromatic rings. The first-order valence-electron chi connectivity index (χ1n) is 3.90. The zero-order valence-corrected chi connectivity index (χ0v) is 6.22. The van der Waals surface area contributed by atoms with E-state index < -0.39 is 0 Å². The predicted molar refractivity (Wildman–Crippen MR) is 38.9 cm³/mol. The Bertz CT molecular complexity index is 222. The maximum absolute atomic E-state index is 9.47. The second-order valence-electron chi connectivity index (χ2n) is 2.94. The topological polar surface area (TPSA) is 50.9 Å². The van der Waals surface area contributed by atoms with Crippen LogP contribution in [-0.2, 0) is 0 Å². The summed E-state index contributed by atoms with van der Waals surface area (Å²) in [5, 5.41) is 13.5. The molecule has 1 N–H and O–H groups in total. The summed E-state index contributed by atoms with van der Waals surface area (Å²) in [6.07, 6.45) is 5.95. The summed E-state index contributed by atoms with van der Waals surface area (Å²) in [5.74, 6) is 0. The molecule has 0 saturated heterocycles. The van der Waals surface area contributed by atoms with Crippen molar-refractivity contribution in [3.8, 4) is 0 Å². The molecule has 60 valence electrons. The van der Waals surface area contributed by atoms with E-state index in [4.69, 9.17) is 0 Å². The highest BCUT2D eigenvalue weighted by Gasteiger charge is 2.26. The van der Waals surface area contributed by atoms with Gasteiger partial charge in [0.2, 0.25) is 0 Å². The molecule has 4 nitrogen and oxygen atoms in total. The van der Waals surface area contributed by atoms with Gasteiger partial charge in [0.05, 0.1) is 12.1 Å². The fraction of sp³-hybridized carbons (Fsp3) is 0.714. The van der Waals surface area contributed by atoms with Crippen LogP contribution < -0.4 is 0 Å². The first kappa shape index (κ1) is 6.79. The second kappa shape index (κ2) is 2.62. The quantitative estimate of drug-likeness (QED) is 0.634. The van der Waals surface area contributed by atoms with E-state index in [0.717, 1.165) is 19.3 Å². The van der Waals surface area contributed by atoms with Crippen LogP contribution >= 0.6 is 0 Å². The minimum atomic E-state index is -0.225. The Kier molecular flexibility index (Phi) is 1.62. The van der Waals surface area contributed by atoms with Crippen molar-refractivity contribution >= 4 is 0 Å². The van der Waals surface area contributed by atoms with Crippen molar-refractivity contribution in [2.24, 2.45) is 0 Å². The number of aromatic nitrogens is 3. The number of hydrogen-bond acceptors (Lipinski definition) is 3. The summed E-state index contributed by atoms with van der Waals surface area (Å²) in [6.45, 7) is 0. The van der Waals surface area contributed by atoms with Gasteiger partial charge < -0.3 is 5.11 Å². The van der Waals surface area contributed by atoms with Crippen molar-refractivity contribution in [1.29, 1.82) is 0 Å². The van der Waals surface area contributed by atoms with Crippen molar-refractivity contribution < 1.29 is 5.11 Å². The fourth-order valence-corrected chi connectivity index (χ4v) is 1.62. The third-order valence-corrected chi connectivity index (χ3v) is 2.22. The Morgan fingerprint density at radius 2 is 2.36 bits per heavy atom. The number of aliphatic hydroxyl groups is 1. The van der Waals surface area contributed by atoms with Crippen LogP contribution in [0.1, 0.15) is 25.3 Å². The van der Waals surface area contributed by atoms with Gasteiger partial charge in [-0.15, -0.1) is 0 Å². The molecule has 2 atom stereocenters. The molecule has 0 radical (unpaired) electrons. The number of rotatable bonds is 1. The molecular formula is C7H11N3O. The van der Waals surface area contributed by atoms with Crippen molar-refractivity contribution in [2.75, 3.05) is 0 Å². The monoisotopic (exact) mass is 153 g/mol. The highest BCUT2D eigenvalue weighted by Crippen LogP contribution is 2.28. The van der Waals surface area contributed by atoms with Gasteiger partial charge in [-0.05, 0) is 19.3 Å². The van der Waals surface area contributed by atoms with Crippen LogP contribution in [0.2, 0.25) is 0 Å². The van der Waals surface area contributed by atoms with Crippen LogP contribution in [0.3, 0.4) is 0 Å². The summed E-state index contributed by atoms with van der Waals surface area (Å²) in [6, 6.07) is 0.164. The highest BCUT2D eigenvalue weighted by molar-refractivity contribution is 4.81. The molecule has 1 aliphatic rings. The molecule has 0 spiro atoms. The van der Waals surface area contributed by atoms with Gasteiger partial charge in [-0.1, -0.05) is 0 Å². The van der Waals surface area contributed by atoms with Crippen LogP contribution in [0.15, 0.2) is 12.7 Å². The lowest BCUT2D eigenvalue weighted by Gasteiger charge is -2.13. The lowest BCUT2D eigenvalue weighted by molar-refractivity contribution is 0.130. The summed E-state index contributed by atoms with van der Waals surface area (Å²) in [4.78, 5) is 3.84.